The number of rotatable bonds is 2. The molecular weight excluding hydrogens is 272 g/mol. The van der Waals surface area contributed by atoms with E-state index in [1.54, 1.807) is 4.90 Å². The number of nitrogens with one attached hydrogen (secondary N) is 2. The standard InChI is InChI=1S/C14H22N4O3/c15-7-9-3-1-2-4-10(9)11(19)18-6-5-14(8-18)12(20)16-13(21)17-14/h9-10H,1-8,15H2,(H2,16,17,20,21). The van der Waals surface area contributed by atoms with E-state index >= 15 is 0 Å². The molecule has 7 nitrogen and oxygen atoms in total. The molecule has 4 N–H and O–H groups in total. The molecule has 0 bridgehead atoms. The summed E-state index contributed by atoms with van der Waals surface area (Å²) < 4.78 is 0. The van der Waals surface area contributed by atoms with E-state index in [1.807, 2.05) is 0 Å². The van der Waals surface area contributed by atoms with Crippen LogP contribution in [0.25, 0.3) is 0 Å². The Hall–Kier alpha value is -1.63. The van der Waals surface area contributed by atoms with E-state index in [0.717, 1.165) is 25.7 Å². The lowest BCUT2D eigenvalue weighted by molar-refractivity contribution is -0.137. The van der Waals surface area contributed by atoms with Crippen molar-refractivity contribution in [3.63, 3.8) is 0 Å². The molecule has 1 spiro atoms. The summed E-state index contributed by atoms with van der Waals surface area (Å²) in [5.41, 5.74) is 4.88. The second-order valence-corrected chi connectivity index (χ2v) is 6.39. The van der Waals surface area contributed by atoms with Gasteiger partial charge in [-0.15, -0.1) is 0 Å². The Balaban J connectivity index is 1.69. The van der Waals surface area contributed by atoms with Crippen molar-refractivity contribution in [1.29, 1.82) is 0 Å². The average Bonchev–Trinajstić information content (AvgIpc) is 3.02. The summed E-state index contributed by atoms with van der Waals surface area (Å²) in [5.74, 6) is -0.00773. The molecule has 2 heterocycles. The normalized spacial score (nSPS) is 36.0. The molecular formula is C14H22N4O3. The van der Waals surface area contributed by atoms with Crippen molar-refractivity contribution in [2.75, 3.05) is 19.6 Å². The monoisotopic (exact) mass is 294 g/mol. The Kier molecular flexibility index (Phi) is 3.61. The van der Waals surface area contributed by atoms with Crippen molar-refractivity contribution >= 4 is 17.8 Å². The van der Waals surface area contributed by atoms with Crippen molar-refractivity contribution in [3.8, 4) is 0 Å². The zero-order valence-corrected chi connectivity index (χ0v) is 12.1. The van der Waals surface area contributed by atoms with Gasteiger partial charge in [-0.25, -0.2) is 4.79 Å². The molecule has 3 fully saturated rings. The Labute approximate surface area is 123 Å². The highest BCUT2D eigenvalue weighted by Crippen LogP contribution is 2.33. The van der Waals surface area contributed by atoms with E-state index in [9.17, 15) is 14.4 Å². The molecule has 3 aliphatic rings. The molecule has 0 aromatic rings. The molecule has 21 heavy (non-hydrogen) atoms. The largest absolute Gasteiger partial charge is 0.339 e. The average molecular weight is 294 g/mol. The summed E-state index contributed by atoms with van der Waals surface area (Å²) in [6.45, 7) is 1.32. The SMILES string of the molecule is NCC1CCCCC1C(=O)N1CCC2(C1)NC(=O)NC2=O. The van der Waals surface area contributed by atoms with Gasteiger partial charge in [-0.05, 0) is 31.7 Å². The van der Waals surface area contributed by atoms with Crippen molar-refractivity contribution in [2.24, 2.45) is 17.6 Å². The van der Waals surface area contributed by atoms with Crippen molar-refractivity contribution < 1.29 is 14.4 Å². The smallest absolute Gasteiger partial charge is 0.322 e. The van der Waals surface area contributed by atoms with Gasteiger partial charge in [0.1, 0.15) is 5.54 Å². The summed E-state index contributed by atoms with van der Waals surface area (Å²) in [6, 6.07) is -0.466. The number of nitrogens with two attached hydrogens (primary N) is 1. The van der Waals surface area contributed by atoms with Crippen LogP contribution in [0.3, 0.4) is 0 Å². The van der Waals surface area contributed by atoms with Crippen LogP contribution in [0, 0.1) is 11.8 Å². The third kappa shape index (κ3) is 2.39. The van der Waals surface area contributed by atoms with Gasteiger partial charge in [0, 0.05) is 12.5 Å². The van der Waals surface area contributed by atoms with E-state index in [-0.39, 0.29) is 30.2 Å². The van der Waals surface area contributed by atoms with Gasteiger partial charge in [0.25, 0.3) is 5.91 Å². The van der Waals surface area contributed by atoms with E-state index in [0.29, 0.717) is 19.5 Å². The first-order chi connectivity index (χ1) is 10.1. The number of amides is 4. The van der Waals surface area contributed by atoms with E-state index in [1.165, 1.54) is 0 Å². The minimum Gasteiger partial charge on any atom is -0.339 e. The third-order valence-corrected chi connectivity index (χ3v) is 5.12. The molecule has 0 aromatic carbocycles. The van der Waals surface area contributed by atoms with Crippen LogP contribution in [-0.2, 0) is 9.59 Å². The van der Waals surface area contributed by atoms with Crippen molar-refractivity contribution in [2.45, 2.75) is 37.6 Å². The highest BCUT2D eigenvalue weighted by molar-refractivity contribution is 6.07. The topological polar surface area (TPSA) is 105 Å². The third-order valence-electron chi connectivity index (χ3n) is 5.12. The minimum atomic E-state index is -0.917. The molecule has 0 aromatic heterocycles. The van der Waals surface area contributed by atoms with Gasteiger partial charge in [-0.1, -0.05) is 12.8 Å². The van der Waals surface area contributed by atoms with Crippen LogP contribution in [0.2, 0.25) is 0 Å². The Morgan fingerprint density at radius 1 is 1.33 bits per heavy atom. The zero-order chi connectivity index (χ0) is 15.0. The van der Waals surface area contributed by atoms with Crippen LogP contribution in [0.4, 0.5) is 4.79 Å². The van der Waals surface area contributed by atoms with Gasteiger partial charge in [-0.3, -0.25) is 14.9 Å². The van der Waals surface area contributed by atoms with E-state index < -0.39 is 11.6 Å². The molecule has 116 valence electrons. The van der Waals surface area contributed by atoms with Crippen LogP contribution in [-0.4, -0.2) is 47.9 Å². The molecule has 3 unspecified atom stereocenters. The summed E-state index contributed by atoms with van der Waals surface area (Å²) in [6.07, 6.45) is 4.55. The highest BCUT2D eigenvalue weighted by Gasteiger charge is 2.52. The minimum absolute atomic E-state index is 0.0286. The molecule has 2 aliphatic heterocycles. The van der Waals surface area contributed by atoms with Crippen LogP contribution < -0.4 is 16.4 Å². The fraction of sp³-hybridized carbons (Fsp3) is 0.786. The maximum Gasteiger partial charge on any atom is 0.322 e. The Morgan fingerprint density at radius 2 is 2.10 bits per heavy atom. The fourth-order valence-electron chi connectivity index (χ4n) is 3.86. The maximum atomic E-state index is 12.7. The lowest BCUT2D eigenvalue weighted by Crippen LogP contribution is -2.50. The first-order valence-electron chi connectivity index (χ1n) is 7.68. The Bertz CT molecular complexity index is 481. The maximum absolute atomic E-state index is 12.7. The lowest BCUT2D eigenvalue weighted by Gasteiger charge is -2.33. The first kappa shape index (κ1) is 14.3. The van der Waals surface area contributed by atoms with Crippen molar-refractivity contribution in [3.05, 3.63) is 0 Å². The number of hydrogen-bond acceptors (Lipinski definition) is 4. The quantitative estimate of drug-likeness (QED) is 0.601. The number of imide groups is 1. The highest BCUT2D eigenvalue weighted by atomic mass is 16.2. The van der Waals surface area contributed by atoms with E-state index in [4.69, 9.17) is 5.73 Å². The molecule has 4 amide bonds. The van der Waals surface area contributed by atoms with Crippen molar-refractivity contribution in [1.82, 2.24) is 15.5 Å². The zero-order valence-electron chi connectivity index (χ0n) is 12.1. The molecule has 1 aliphatic carbocycles. The van der Waals surface area contributed by atoms with Gasteiger partial charge in [0.05, 0.1) is 6.54 Å². The second-order valence-electron chi connectivity index (χ2n) is 6.39. The summed E-state index contributed by atoms with van der Waals surface area (Å²) in [4.78, 5) is 37.7. The molecule has 2 saturated heterocycles. The summed E-state index contributed by atoms with van der Waals surface area (Å²) in [7, 11) is 0. The van der Waals surface area contributed by atoms with Crippen LogP contribution in [0.15, 0.2) is 0 Å². The number of carbonyl (C=O) groups excluding carboxylic acids is 3. The molecule has 7 heteroatoms. The molecule has 3 atom stereocenters. The lowest BCUT2D eigenvalue weighted by atomic mass is 9.78. The van der Waals surface area contributed by atoms with Crippen LogP contribution in [0.5, 0.6) is 0 Å². The predicted octanol–water partition coefficient (Wildman–Crippen LogP) is -0.438. The number of likely N-dealkylation sites (tertiary alicyclic amines) is 1. The van der Waals surface area contributed by atoms with E-state index in [2.05, 4.69) is 10.6 Å². The summed E-state index contributed by atoms with van der Waals surface area (Å²) >= 11 is 0. The second kappa shape index (κ2) is 5.29. The number of nitrogens with zero attached hydrogens (tertiary/aromatic N) is 1. The molecule has 3 rings (SSSR count). The first-order valence-corrected chi connectivity index (χ1v) is 7.68. The van der Waals surface area contributed by atoms with Gasteiger partial charge in [0.15, 0.2) is 0 Å². The molecule has 1 saturated carbocycles. The molecule has 0 radical (unpaired) electrons. The summed E-state index contributed by atoms with van der Waals surface area (Å²) in [5, 5.41) is 4.94. The van der Waals surface area contributed by atoms with Crippen LogP contribution in [0.1, 0.15) is 32.1 Å². The predicted molar refractivity (Wildman–Crippen MR) is 75.1 cm³/mol. The fourth-order valence-corrected chi connectivity index (χ4v) is 3.86. The number of carbonyl (C=O) groups is 3. The Morgan fingerprint density at radius 3 is 2.76 bits per heavy atom. The van der Waals surface area contributed by atoms with Crippen LogP contribution >= 0.6 is 0 Å². The van der Waals surface area contributed by atoms with Gasteiger partial charge < -0.3 is 16.0 Å². The number of urea groups is 1. The van der Waals surface area contributed by atoms with Gasteiger partial charge >= 0.3 is 6.03 Å². The number of hydrogen-bond donors (Lipinski definition) is 3. The van der Waals surface area contributed by atoms with Gasteiger partial charge in [-0.2, -0.15) is 0 Å². The van der Waals surface area contributed by atoms with Gasteiger partial charge in [0.2, 0.25) is 5.91 Å².